The predicted octanol–water partition coefficient (Wildman–Crippen LogP) is 8.98. The quantitative estimate of drug-likeness (QED) is 0.120. The van der Waals surface area contributed by atoms with Crippen molar-refractivity contribution in [3.63, 3.8) is 0 Å². The SMILES string of the molecule is Cc1c(C)c2c(c(C)c1OCC(=O)I)CC[C@@](C)(CCCCCCCCCCCC(C)C)O2. The fraction of sp³-hybridized carbons (Fsp3) is 0.759. The van der Waals surface area contributed by atoms with E-state index < -0.39 is 0 Å². The number of hydrogen-bond acceptors (Lipinski definition) is 3. The summed E-state index contributed by atoms with van der Waals surface area (Å²) in [7, 11) is 0. The van der Waals surface area contributed by atoms with Crippen LogP contribution in [0, 0.1) is 26.7 Å². The molecule has 0 bridgehead atoms. The van der Waals surface area contributed by atoms with Gasteiger partial charge < -0.3 is 9.47 Å². The number of carbonyl (C=O) groups excluding carboxylic acids is 1. The first-order valence-corrected chi connectivity index (χ1v) is 14.4. The van der Waals surface area contributed by atoms with E-state index in [1.807, 2.05) is 0 Å². The van der Waals surface area contributed by atoms with Crippen molar-refractivity contribution in [1.29, 1.82) is 0 Å². The number of rotatable bonds is 15. The van der Waals surface area contributed by atoms with E-state index in [1.165, 1.54) is 69.8 Å². The van der Waals surface area contributed by atoms with Crippen molar-refractivity contribution >= 4 is 26.4 Å². The van der Waals surface area contributed by atoms with Crippen LogP contribution in [-0.4, -0.2) is 16.0 Å². The Bertz CT molecular complexity index is 771. The number of hydrogen-bond donors (Lipinski definition) is 0. The molecule has 0 N–H and O–H groups in total. The van der Waals surface area contributed by atoms with Crippen LogP contribution < -0.4 is 9.47 Å². The van der Waals surface area contributed by atoms with Gasteiger partial charge in [-0.1, -0.05) is 71.6 Å². The van der Waals surface area contributed by atoms with Crippen LogP contribution in [-0.2, 0) is 11.2 Å². The second kappa shape index (κ2) is 13.9. The third-order valence-corrected chi connectivity index (χ3v) is 7.69. The maximum Gasteiger partial charge on any atom is 0.229 e. The molecule has 1 aromatic rings. The number of halogens is 1. The second-order valence-electron chi connectivity index (χ2n) is 10.8. The smallest absolute Gasteiger partial charge is 0.229 e. The molecule has 1 heterocycles. The minimum atomic E-state index is -0.0758. The number of carbonyl (C=O) groups is 1. The van der Waals surface area contributed by atoms with Crippen molar-refractivity contribution in [2.75, 3.05) is 6.61 Å². The summed E-state index contributed by atoms with van der Waals surface area (Å²) < 4.78 is 12.6. The van der Waals surface area contributed by atoms with E-state index in [4.69, 9.17) is 9.47 Å². The molecule has 0 aromatic heterocycles. The largest absolute Gasteiger partial charge is 0.487 e. The Kier molecular flexibility index (Phi) is 12.0. The highest BCUT2D eigenvalue weighted by Gasteiger charge is 2.34. The molecule has 2 rings (SSSR count). The van der Waals surface area contributed by atoms with Gasteiger partial charge in [0.25, 0.3) is 0 Å². The minimum Gasteiger partial charge on any atom is -0.487 e. The Balaban J connectivity index is 1.76. The first-order valence-electron chi connectivity index (χ1n) is 13.3. The topological polar surface area (TPSA) is 35.5 Å². The van der Waals surface area contributed by atoms with Gasteiger partial charge in [0.15, 0.2) is 6.61 Å². The molecule has 4 heteroatoms. The molecule has 188 valence electrons. The van der Waals surface area contributed by atoms with Crippen LogP contribution >= 0.6 is 22.6 Å². The zero-order valence-corrected chi connectivity index (χ0v) is 24.2. The molecule has 1 atom stereocenters. The van der Waals surface area contributed by atoms with Crippen LogP contribution in [0.2, 0.25) is 0 Å². The van der Waals surface area contributed by atoms with Gasteiger partial charge in [-0.15, -0.1) is 0 Å². The van der Waals surface area contributed by atoms with Crippen LogP contribution in [0.3, 0.4) is 0 Å². The van der Waals surface area contributed by atoms with Crippen LogP contribution in [0.1, 0.15) is 120 Å². The molecule has 1 aliphatic rings. The van der Waals surface area contributed by atoms with Crippen molar-refractivity contribution in [3.8, 4) is 11.5 Å². The second-order valence-corrected chi connectivity index (χ2v) is 12.0. The molecular weight excluding hydrogens is 523 g/mol. The summed E-state index contributed by atoms with van der Waals surface area (Å²) in [6.07, 6.45) is 16.9. The van der Waals surface area contributed by atoms with Gasteiger partial charge in [0.1, 0.15) is 17.1 Å². The molecule has 3 nitrogen and oxygen atoms in total. The Morgan fingerprint density at radius 3 is 2.09 bits per heavy atom. The monoisotopic (exact) mass is 570 g/mol. The number of unbranched alkanes of at least 4 members (excludes halogenated alkanes) is 8. The molecule has 0 aliphatic carbocycles. The number of benzene rings is 1. The zero-order valence-electron chi connectivity index (χ0n) is 22.1. The summed E-state index contributed by atoms with van der Waals surface area (Å²) in [4.78, 5) is 11.4. The average molecular weight is 571 g/mol. The molecule has 0 amide bonds. The summed E-state index contributed by atoms with van der Waals surface area (Å²) in [5.74, 6) is 2.78. The molecule has 0 fully saturated rings. The lowest BCUT2D eigenvalue weighted by molar-refractivity contribution is -0.111. The van der Waals surface area contributed by atoms with E-state index in [2.05, 4.69) is 41.5 Å². The highest BCUT2D eigenvalue weighted by atomic mass is 127. The lowest BCUT2D eigenvalue weighted by Crippen LogP contribution is -2.37. The van der Waals surface area contributed by atoms with E-state index in [0.717, 1.165) is 53.4 Å². The van der Waals surface area contributed by atoms with Crippen LogP contribution in [0.15, 0.2) is 0 Å². The molecule has 33 heavy (non-hydrogen) atoms. The van der Waals surface area contributed by atoms with Gasteiger partial charge in [0.2, 0.25) is 3.79 Å². The van der Waals surface area contributed by atoms with Crippen molar-refractivity contribution in [2.24, 2.45) is 5.92 Å². The molecule has 0 unspecified atom stereocenters. The standard InChI is InChI=1S/C29H47IO3/c1-21(2)16-14-12-10-8-7-9-11-13-15-18-29(6)19-17-25-24(5)27(32-20-26(30)31)22(3)23(4)28(25)33-29/h21H,7-20H2,1-6H3/t29-/m1/s1. The van der Waals surface area contributed by atoms with Crippen molar-refractivity contribution < 1.29 is 14.3 Å². The minimum absolute atomic E-state index is 0.0206. The van der Waals surface area contributed by atoms with Crippen LogP contribution in [0.4, 0.5) is 0 Å². The zero-order chi connectivity index (χ0) is 24.4. The maximum atomic E-state index is 11.4. The molecule has 1 aromatic carbocycles. The molecule has 0 radical (unpaired) electrons. The lowest BCUT2D eigenvalue weighted by Gasteiger charge is -2.38. The molecule has 1 aliphatic heterocycles. The predicted molar refractivity (Wildman–Crippen MR) is 148 cm³/mol. The Morgan fingerprint density at radius 2 is 1.52 bits per heavy atom. The molecular formula is C29H47IO3. The van der Waals surface area contributed by atoms with Crippen molar-refractivity contribution in [2.45, 2.75) is 131 Å². The van der Waals surface area contributed by atoms with E-state index >= 15 is 0 Å². The van der Waals surface area contributed by atoms with Gasteiger partial charge in [-0.25, -0.2) is 0 Å². The van der Waals surface area contributed by atoms with E-state index in [-0.39, 0.29) is 16.0 Å². The van der Waals surface area contributed by atoms with E-state index in [1.54, 1.807) is 22.6 Å². The lowest BCUT2D eigenvalue weighted by atomic mass is 9.84. The normalized spacial score (nSPS) is 17.7. The molecule has 0 spiro atoms. The van der Waals surface area contributed by atoms with Crippen molar-refractivity contribution in [3.05, 3.63) is 22.3 Å². The Morgan fingerprint density at radius 1 is 0.939 bits per heavy atom. The van der Waals surface area contributed by atoms with Gasteiger partial charge in [-0.2, -0.15) is 0 Å². The Labute approximate surface area is 216 Å². The average Bonchev–Trinajstić information content (AvgIpc) is 2.75. The summed E-state index contributed by atoms with van der Waals surface area (Å²) in [5, 5.41) is 0. The summed E-state index contributed by atoms with van der Waals surface area (Å²) >= 11 is 1.79. The van der Waals surface area contributed by atoms with Gasteiger partial charge in [0.05, 0.1) is 0 Å². The van der Waals surface area contributed by atoms with Crippen LogP contribution in [0.5, 0.6) is 11.5 Å². The Hall–Kier alpha value is -0.780. The first kappa shape index (κ1) is 28.5. The van der Waals surface area contributed by atoms with E-state index in [0.29, 0.717) is 0 Å². The third kappa shape index (κ3) is 9.07. The molecule has 0 saturated carbocycles. The maximum absolute atomic E-state index is 11.4. The number of fused-ring (bicyclic) bond motifs is 1. The number of ether oxygens (including phenoxy) is 2. The summed E-state index contributed by atoms with van der Waals surface area (Å²) in [6, 6.07) is 0. The van der Waals surface area contributed by atoms with Gasteiger partial charge >= 0.3 is 0 Å². The highest BCUT2D eigenvalue weighted by molar-refractivity contribution is 14.1. The first-order chi connectivity index (χ1) is 15.6. The fourth-order valence-corrected chi connectivity index (χ4v) is 5.25. The third-order valence-electron chi connectivity index (χ3n) is 7.38. The van der Waals surface area contributed by atoms with Crippen LogP contribution in [0.25, 0.3) is 0 Å². The van der Waals surface area contributed by atoms with Crippen molar-refractivity contribution in [1.82, 2.24) is 0 Å². The van der Waals surface area contributed by atoms with Gasteiger partial charge in [-0.05, 0) is 76.0 Å². The van der Waals surface area contributed by atoms with Gasteiger partial charge in [-0.3, -0.25) is 4.79 Å². The van der Waals surface area contributed by atoms with Gasteiger partial charge in [0, 0.05) is 28.2 Å². The van der Waals surface area contributed by atoms with E-state index in [9.17, 15) is 4.79 Å². The summed E-state index contributed by atoms with van der Waals surface area (Å²) in [6.45, 7) is 13.4. The summed E-state index contributed by atoms with van der Waals surface area (Å²) in [5.41, 5.74) is 4.58. The highest BCUT2D eigenvalue weighted by Crippen LogP contribution is 2.45. The fourth-order valence-electron chi connectivity index (χ4n) is 5.09. The molecule has 0 saturated heterocycles.